The van der Waals surface area contributed by atoms with Crippen LogP contribution >= 0.6 is 15.9 Å². The smallest absolute Gasteiger partial charge is 0.305 e. The summed E-state index contributed by atoms with van der Waals surface area (Å²) in [6.07, 6.45) is 1.07. The minimum Gasteiger partial charge on any atom is -0.469 e. The minimum absolute atomic E-state index is 0.190. The Hall–Kier alpha value is -1.81. The molecule has 4 heteroatoms. The summed E-state index contributed by atoms with van der Waals surface area (Å²) in [7, 11) is 1.41. The van der Waals surface area contributed by atoms with Crippen molar-refractivity contribution in [3.05, 3.63) is 57.6 Å². The lowest BCUT2D eigenvalue weighted by Gasteiger charge is -2.12. The Morgan fingerprint density at radius 1 is 1.18 bits per heavy atom. The van der Waals surface area contributed by atoms with Gasteiger partial charge in [-0.15, -0.1) is 0 Å². The number of methoxy groups -OCH3 is 1. The van der Waals surface area contributed by atoms with Crippen molar-refractivity contribution in [1.29, 1.82) is 0 Å². The maximum absolute atomic E-state index is 11.2. The number of hydrogen-bond donors (Lipinski definition) is 0. The molecule has 116 valence electrons. The van der Waals surface area contributed by atoms with Crippen LogP contribution in [0.4, 0.5) is 0 Å². The Kier molecular flexibility index (Phi) is 5.61. The van der Waals surface area contributed by atoms with Gasteiger partial charge in [-0.1, -0.05) is 28.1 Å². The molecule has 2 rings (SSSR count). The van der Waals surface area contributed by atoms with Crippen molar-refractivity contribution in [2.45, 2.75) is 26.7 Å². The molecule has 0 spiro atoms. The molecular formula is C18H19BrO3. The monoisotopic (exact) mass is 362 g/mol. The van der Waals surface area contributed by atoms with Crippen molar-refractivity contribution in [3.8, 4) is 11.5 Å². The largest absolute Gasteiger partial charge is 0.469 e. The molecule has 3 nitrogen and oxygen atoms in total. The molecule has 2 aromatic carbocycles. The fourth-order valence-electron chi connectivity index (χ4n) is 2.18. The van der Waals surface area contributed by atoms with Crippen molar-refractivity contribution < 1.29 is 14.3 Å². The average molecular weight is 363 g/mol. The summed E-state index contributed by atoms with van der Waals surface area (Å²) < 4.78 is 11.6. The van der Waals surface area contributed by atoms with E-state index in [4.69, 9.17) is 4.74 Å². The first kappa shape index (κ1) is 16.6. The molecule has 0 aliphatic rings. The zero-order valence-corrected chi connectivity index (χ0v) is 14.6. The van der Waals surface area contributed by atoms with E-state index in [1.165, 1.54) is 7.11 Å². The van der Waals surface area contributed by atoms with E-state index in [0.29, 0.717) is 12.8 Å². The summed E-state index contributed by atoms with van der Waals surface area (Å²) >= 11 is 3.50. The number of halogens is 1. The van der Waals surface area contributed by atoms with Crippen molar-refractivity contribution in [2.75, 3.05) is 7.11 Å². The van der Waals surface area contributed by atoms with Gasteiger partial charge in [0.15, 0.2) is 0 Å². The Labute approximate surface area is 139 Å². The number of ether oxygens (including phenoxy) is 2. The van der Waals surface area contributed by atoms with E-state index in [0.717, 1.165) is 32.7 Å². The van der Waals surface area contributed by atoms with E-state index < -0.39 is 0 Å². The van der Waals surface area contributed by atoms with E-state index in [1.54, 1.807) is 0 Å². The predicted octanol–water partition coefficient (Wildman–Crippen LogP) is 4.96. The number of aryl methyl sites for hydroxylation is 2. The van der Waals surface area contributed by atoms with Gasteiger partial charge in [0.25, 0.3) is 0 Å². The molecule has 0 aromatic heterocycles. The van der Waals surface area contributed by atoms with Gasteiger partial charge in [0.2, 0.25) is 0 Å². The molecule has 0 aliphatic heterocycles. The fraction of sp³-hybridized carbons (Fsp3) is 0.278. The summed E-state index contributed by atoms with van der Waals surface area (Å²) in [5, 5.41) is 0. The van der Waals surface area contributed by atoms with E-state index in [1.807, 2.05) is 50.2 Å². The van der Waals surface area contributed by atoms with Crippen LogP contribution in [-0.4, -0.2) is 13.1 Å². The molecule has 0 radical (unpaired) electrons. The third-order valence-electron chi connectivity index (χ3n) is 3.59. The van der Waals surface area contributed by atoms with Crippen molar-refractivity contribution in [1.82, 2.24) is 0 Å². The molecule has 0 atom stereocenters. The molecule has 0 aliphatic carbocycles. The lowest BCUT2D eigenvalue weighted by molar-refractivity contribution is -0.140. The van der Waals surface area contributed by atoms with Crippen molar-refractivity contribution in [3.63, 3.8) is 0 Å². The van der Waals surface area contributed by atoms with E-state index in [-0.39, 0.29) is 5.97 Å². The van der Waals surface area contributed by atoms with Gasteiger partial charge >= 0.3 is 5.97 Å². The van der Waals surface area contributed by atoms with Crippen LogP contribution in [0, 0.1) is 13.8 Å². The number of esters is 1. The van der Waals surface area contributed by atoms with Gasteiger partial charge in [0.1, 0.15) is 11.5 Å². The van der Waals surface area contributed by atoms with Crippen LogP contribution in [0.1, 0.15) is 23.1 Å². The van der Waals surface area contributed by atoms with Gasteiger partial charge in [0, 0.05) is 16.5 Å². The molecule has 0 saturated carbocycles. The zero-order chi connectivity index (χ0) is 16.1. The van der Waals surface area contributed by atoms with Gasteiger partial charge < -0.3 is 9.47 Å². The van der Waals surface area contributed by atoms with Crippen LogP contribution < -0.4 is 4.74 Å². The summed E-state index contributed by atoms with van der Waals surface area (Å²) in [6, 6.07) is 11.8. The summed E-state index contributed by atoms with van der Waals surface area (Å²) in [5.41, 5.74) is 3.30. The van der Waals surface area contributed by atoms with Gasteiger partial charge in [-0.2, -0.15) is 0 Å². The lowest BCUT2D eigenvalue weighted by atomic mass is 10.0. The number of hydrogen-bond acceptors (Lipinski definition) is 3. The molecule has 22 heavy (non-hydrogen) atoms. The summed E-state index contributed by atoms with van der Waals surface area (Å²) in [5.74, 6) is 1.43. The van der Waals surface area contributed by atoms with Crippen LogP contribution in [0.3, 0.4) is 0 Å². The molecule has 0 amide bonds. The normalized spacial score (nSPS) is 10.4. The van der Waals surface area contributed by atoms with Crippen molar-refractivity contribution in [2.24, 2.45) is 0 Å². The second-order valence-corrected chi connectivity index (χ2v) is 5.98. The van der Waals surface area contributed by atoms with Gasteiger partial charge in [-0.05, 0) is 55.7 Å². The van der Waals surface area contributed by atoms with Crippen molar-refractivity contribution >= 4 is 21.9 Å². The SMILES string of the molecule is COC(=O)CCc1ccc(Oc2cccc(Br)c2C)cc1C. The number of rotatable bonds is 5. The first-order valence-corrected chi connectivity index (χ1v) is 7.90. The molecule has 0 unspecified atom stereocenters. The Morgan fingerprint density at radius 3 is 2.64 bits per heavy atom. The summed E-state index contributed by atoms with van der Waals surface area (Å²) in [4.78, 5) is 11.2. The van der Waals surface area contributed by atoms with Gasteiger partial charge in [-0.3, -0.25) is 4.79 Å². The third kappa shape index (κ3) is 4.10. The molecular weight excluding hydrogens is 344 g/mol. The second-order valence-electron chi connectivity index (χ2n) is 5.13. The van der Waals surface area contributed by atoms with E-state index >= 15 is 0 Å². The third-order valence-corrected chi connectivity index (χ3v) is 4.45. The van der Waals surface area contributed by atoms with Crippen LogP contribution in [0.5, 0.6) is 11.5 Å². The second kappa shape index (κ2) is 7.45. The average Bonchev–Trinajstić information content (AvgIpc) is 2.50. The molecule has 0 fully saturated rings. The highest BCUT2D eigenvalue weighted by atomic mass is 79.9. The zero-order valence-electron chi connectivity index (χ0n) is 13.0. The number of carbonyl (C=O) groups excluding carboxylic acids is 1. The Balaban J connectivity index is 2.12. The highest BCUT2D eigenvalue weighted by Gasteiger charge is 2.08. The van der Waals surface area contributed by atoms with E-state index in [2.05, 4.69) is 20.7 Å². The first-order valence-electron chi connectivity index (χ1n) is 7.10. The molecule has 2 aromatic rings. The Morgan fingerprint density at radius 2 is 1.95 bits per heavy atom. The maximum Gasteiger partial charge on any atom is 0.305 e. The number of benzene rings is 2. The van der Waals surface area contributed by atoms with Crippen LogP contribution in [0.25, 0.3) is 0 Å². The molecule has 0 heterocycles. The first-order chi connectivity index (χ1) is 10.5. The Bertz CT molecular complexity index is 680. The predicted molar refractivity (Wildman–Crippen MR) is 90.5 cm³/mol. The van der Waals surface area contributed by atoms with Crippen LogP contribution in [0.2, 0.25) is 0 Å². The topological polar surface area (TPSA) is 35.5 Å². The molecule has 0 saturated heterocycles. The van der Waals surface area contributed by atoms with Crippen LogP contribution in [0.15, 0.2) is 40.9 Å². The highest BCUT2D eigenvalue weighted by Crippen LogP contribution is 2.30. The molecule has 0 N–H and O–H groups in total. The molecule has 0 bridgehead atoms. The van der Waals surface area contributed by atoms with Gasteiger partial charge in [0.05, 0.1) is 7.11 Å². The fourth-order valence-corrected chi connectivity index (χ4v) is 2.52. The van der Waals surface area contributed by atoms with E-state index in [9.17, 15) is 4.79 Å². The number of carbonyl (C=O) groups is 1. The maximum atomic E-state index is 11.2. The standard InChI is InChI=1S/C18H19BrO3/c1-12-11-15(9-7-14(12)8-10-18(20)21-3)22-17-6-4-5-16(19)13(17)2/h4-7,9,11H,8,10H2,1-3H3. The summed E-state index contributed by atoms with van der Waals surface area (Å²) in [6.45, 7) is 4.03. The van der Waals surface area contributed by atoms with Gasteiger partial charge in [-0.25, -0.2) is 0 Å². The highest BCUT2D eigenvalue weighted by molar-refractivity contribution is 9.10. The minimum atomic E-state index is -0.190. The quantitative estimate of drug-likeness (QED) is 0.704. The van der Waals surface area contributed by atoms with Crippen LogP contribution in [-0.2, 0) is 16.0 Å². The lowest BCUT2D eigenvalue weighted by Crippen LogP contribution is -2.02.